The smallest absolute Gasteiger partial charge is 0.243 e. The molecular formula is C23H30N2O6S. The molecule has 0 unspecified atom stereocenters. The van der Waals surface area contributed by atoms with Gasteiger partial charge in [-0.1, -0.05) is 32.0 Å². The first-order chi connectivity index (χ1) is 15.2. The molecule has 0 radical (unpaired) electrons. The maximum absolute atomic E-state index is 12.8. The van der Waals surface area contributed by atoms with E-state index in [2.05, 4.69) is 19.2 Å². The Morgan fingerprint density at radius 3 is 2.47 bits per heavy atom. The van der Waals surface area contributed by atoms with Gasteiger partial charge in [0.1, 0.15) is 31.6 Å². The Morgan fingerprint density at radius 2 is 1.78 bits per heavy atom. The van der Waals surface area contributed by atoms with Gasteiger partial charge < -0.3 is 19.5 Å². The summed E-state index contributed by atoms with van der Waals surface area (Å²) < 4.78 is 43.0. The number of benzene rings is 2. The van der Waals surface area contributed by atoms with Gasteiger partial charge in [-0.2, -0.15) is 0 Å². The molecule has 0 saturated carbocycles. The first-order valence-electron chi connectivity index (χ1n) is 10.6. The summed E-state index contributed by atoms with van der Waals surface area (Å²) in [6, 6.07) is 11.6. The van der Waals surface area contributed by atoms with Crippen molar-refractivity contribution in [3.63, 3.8) is 0 Å². The standard InChI is InChI=1S/C23H30N2O6S/c1-16(2)19-7-5-6-8-20(19)29-12-11-24-23(26)17(3)25(32(4,27)28)18-9-10-21-22(15-18)31-14-13-30-21/h5-10,15-17H,11-14H2,1-4H3,(H,24,26)/t17-/m1/s1. The Bertz CT molecular complexity index is 1050. The summed E-state index contributed by atoms with van der Waals surface area (Å²) in [5.74, 6) is 1.66. The largest absolute Gasteiger partial charge is 0.491 e. The minimum absolute atomic E-state index is 0.244. The Labute approximate surface area is 189 Å². The van der Waals surface area contributed by atoms with Gasteiger partial charge in [0.25, 0.3) is 0 Å². The molecule has 1 N–H and O–H groups in total. The molecular weight excluding hydrogens is 432 g/mol. The van der Waals surface area contributed by atoms with Crippen LogP contribution in [0.25, 0.3) is 0 Å². The molecule has 32 heavy (non-hydrogen) atoms. The number of nitrogens with zero attached hydrogens (tertiary/aromatic N) is 1. The van der Waals surface area contributed by atoms with Crippen LogP contribution in [0.3, 0.4) is 0 Å². The fraction of sp³-hybridized carbons (Fsp3) is 0.435. The van der Waals surface area contributed by atoms with Gasteiger partial charge >= 0.3 is 0 Å². The molecule has 174 valence electrons. The van der Waals surface area contributed by atoms with Gasteiger partial charge in [0.05, 0.1) is 18.5 Å². The van der Waals surface area contributed by atoms with Gasteiger partial charge in [0.2, 0.25) is 15.9 Å². The molecule has 9 heteroatoms. The first kappa shape index (κ1) is 23.7. The molecule has 0 saturated heterocycles. The molecule has 0 bridgehead atoms. The molecule has 2 aromatic rings. The lowest BCUT2D eigenvalue weighted by molar-refractivity contribution is -0.121. The molecule has 1 heterocycles. The number of ether oxygens (including phenoxy) is 3. The molecule has 1 amide bonds. The number of nitrogens with one attached hydrogen (secondary N) is 1. The van der Waals surface area contributed by atoms with Crippen molar-refractivity contribution in [2.24, 2.45) is 0 Å². The molecule has 0 fully saturated rings. The van der Waals surface area contributed by atoms with Gasteiger partial charge in [-0.3, -0.25) is 9.10 Å². The van der Waals surface area contributed by atoms with Crippen LogP contribution in [0.15, 0.2) is 42.5 Å². The van der Waals surface area contributed by atoms with E-state index in [9.17, 15) is 13.2 Å². The minimum atomic E-state index is -3.73. The third kappa shape index (κ3) is 5.64. The van der Waals surface area contributed by atoms with Crippen molar-refractivity contribution in [3.05, 3.63) is 48.0 Å². The molecule has 3 rings (SSSR count). The highest BCUT2D eigenvalue weighted by Gasteiger charge is 2.30. The first-order valence-corrected chi connectivity index (χ1v) is 12.4. The summed E-state index contributed by atoms with van der Waals surface area (Å²) >= 11 is 0. The van der Waals surface area contributed by atoms with Crippen molar-refractivity contribution >= 4 is 21.6 Å². The van der Waals surface area contributed by atoms with Crippen LogP contribution < -0.4 is 23.8 Å². The number of hydrogen-bond acceptors (Lipinski definition) is 6. The van der Waals surface area contributed by atoms with Crippen LogP contribution in [0.2, 0.25) is 0 Å². The molecule has 1 aliphatic heterocycles. The summed E-state index contributed by atoms with van der Waals surface area (Å²) in [5, 5.41) is 2.76. The highest BCUT2D eigenvalue weighted by molar-refractivity contribution is 7.92. The predicted octanol–water partition coefficient (Wildman–Crippen LogP) is 2.93. The maximum Gasteiger partial charge on any atom is 0.243 e. The number of anilines is 1. The normalized spacial score (nSPS) is 14.0. The zero-order valence-electron chi connectivity index (χ0n) is 18.8. The molecule has 8 nitrogen and oxygen atoms in total. The zero-order chi connectivity index (χ0) is 23.3. The van der Waals surface area contributed by atoms with E-state index in [1.54, 1.807) is 25.1 Å². The minimum Gasteiger partial charge on any atom is -0.491 e. The molecule has 2 aromatic carbocycles. The van der Waals surface area contributed by atoms with Crippen LogP contribution in [0.5, 0.6) is 17.2 Å². The summed E-state index contributed by atoms with van der Waals surface area (Å²) in [7, 11) is -3.73. The number of hydrogen-bond donors (Lipinski definition) is 1. The lowest BCUT2D eigenvalue weighted by Crippen LogP contribution is -2.48. The number of carbonyl (C=O) groups is 1. The fourth-order valence-corrected chi connectivity index (χ4v) is 4.72. The quantitative estimate of drug-likeness (QED) is 0.576. The summed E-state index contributed by atoms with van der Waals surface area (Å²) in [4.78, 5) is 12.8. The number of fused-ring (bicyclic) bond motifs is 1. The van der Waals surface area contributed by atoms with Crippen molar-refractivity contribution in [3.8, 4) is 17.2 Å². The Morgan fingerprint density at radius 1 is 1.09 bits per heavy atom. The maximum atomic E-state index is 12.8. The van der Waals surface area contributed by atoms with Crippen LogP contribution in [-0.2, 0) is 14.8 Å². The Kier molecular flexibility index (Phi) is 7.50. The van der Waals surface area contributed by atoms with Crippen molar-refractivity contribution in [2.75, 3.05) is 36.9 Å². The van der Waals surface area contributed by atoms with Gasteiger partial charge in [0.15, 0.2) is 11.5 Å². The zero-order valence-corrected chi connectivity index (χ0v) is 19.6. The third-order valence-corrected chi connectivity index (χ3v) is 6.31. The van der Waals surface area contributed by atoms with E-state index >= 15 is 0 Å². The second kappa shape index (κ2) is 10.1. The van der Waals surface area contributed by atoms with Crippen LogP contribution >= 0.6 is 0 Å². The van der Waals surface area contributed by atoms with E-state index in [0.29, 0.717) is 36.3 Å². The number of amides is 1. The van der Waals surface area contributed by atoms with Crippen LogP contribution in [0, 0.1) is 0 Å². The summed E-state index contributed by atoms with van der Waals surface area (Å²) in [6.07, 6.45) is 1.07. The average molecular weight is 463 g/mol. The second-order valence-electron chi connectivity index (χ2n) is 7.89. The molecule has 0 aliphatic carbocycles. The van der Waals surface area contributed by atoms with Gasteiger partial charge in [0, 0.05) is 6.07 Å². The third-order valence-electron chi connectivity index (χ3n) is 5.07. The Balaban J connectivity index is 1.65. The lowest BCUT2D eigenvalue weighted by Gasteiger charge is -2.29. The van der Waals surface area contributed by atoms with Crippen molar-refractivity contribution in [2.45, 2.75) is 32.7 Å². The number of carbonyl (C=O) groups excluding carboxylic acids is 1. The molecule has 0 aromatic heterocycles. The van der Waals surface area contributed by atoms with Gasteiger partial charge in [-0.15, -0.1) is 0 Å². The monoisotopic (exact) mass is 462 g/mol. The van der Waals surface area contributed by atoms with E-state index in [1.165, 1.54) is 0 Å². The van der Waals surface area contributed by atoms with Gasteiger partial charge in [-0.05, 0) is 36.6 Å². The SMILES string of the molecule is CC(C)c1ccccc1OCCNC(=O)[C@@H](C)N(c1ccc2c(c1)OCCO2)S(C)(=O)=O. The molecule has 0 spiro atoms. The van der Waals surface area contributed by atoms with E-state index in [-0.39, 0.29) is 13.2 Å². The number of para-hydroxylation sites is 1. The van der Waals surface area contributed by atoms with E-state index < -0.39 is 22.0 Å². The summed E-state index contributed by atoms with van der Waals surface area (Å²) in [6.45, 7) is 7.05. The van der Waals surface area contributed by atoms with E-state index in [0.717, 1.165) is 21.9 Å². The highest BCUT2D eigenvalue weighted by atomic mass is 32.2. The van der Waals surface area contributed by atoms with Crippen LogP contribution in [0.1, 0.15) is 32.3 Å². The van der Waals surface area contributed by atoms with Gasteiger partial charge in [-0.25, -0.2) is 8.42 Å². The van der Waals surface area contributed by atoms with E-state index in [4.69, 9.17) is 14.2 Å². The van der Waals surface area contributed by atoms with Crippen LogP contribution in [-0.4, -0.2) is 53.0 Å². The average Bonchev–Trinajstić information content (AvgIpc) is 2.75. The van der Waals surface area contributed by atoms with Crippen molar-refractivity contribution in [1.29, 1.82) is 0 Å². The number of sulfonamides is 1. The van der Waals surface area contributed by atoms with Crippen LogP contribution in [0.4, 0.5) is 5.69 Å². The Hall–Kier alpha value is -2.94. The lowest BCUT2D eigenvalue weighted by atomic mass is 10.0. The van der Waals surface area contributed by atoms with Crippen molar-refractivity contribution < 1.29 is 27.4 Å². The van der Waals surface area contributed by atoms with E-state index in [1.807, 2.05) is 24.3 Å². The molecule has 1 atom stereocenters. The second-order valence-corrected chi connectivity index (χ2v) is 9.75. The summed E-state index contributed by atoms with van der Waals surface area (Å²) in [5.41, 5.74) is 1.43. The number of rotatable bonds is 9. The topological polar surface area (TPSA) is 94.2 Å². The predicted molar refractivity (Wildman–Crippen MR) is 123 cm³/mol. The molecule has 1 aliphatic rings. The fourth-order valence-electron chi connectivity index (χ4n) is 3.55. The highest BCUT2D eigenvalue weighted by Crippen LogP contribution is 2.35. The van der Waals surface area contributed by atoms with Crippen molar-refractivity contribution in [1.82, 2.24) is 5.32 Å².